The number of hydrogen-bond donors (Lipinski definition) is 1. The van der Waals surface area contributed by atoms with Crippen molar-refractivity contribution in [1.82, 2.24) is 0 Å². The first-order valence-electron chi connectivity index (χ1n) is 0.947. The van der Waals surface area contributed by atoms with E-state index < -0.39 is 0 Å². The van der Waals surface area contributed by atoms with Gasteiger partial charge in [0.05, 0.1) is 7.18 Å². The Morgan fingerprint density at radius 3 is 1.80 bits per heavy atom. The number of nitrogens with two attached hydrogens (primary N) is 1. The van der Waals surface area contributed by atoms with Gasteiger partial charge in [0.25, 0.3) is 0 Å². The molecule has 5 heavy (non-hydrogen) atoms. The molecule has 0 aromatic carbocycles. The van der Waals surface area contributed by atoms with Crippen molar-refractivity contribution in [2.24, 2.45) is 5.73 Å². The molecule has 0 bridgehead atoms. The summed E-state index contributed by atoms with van der Waals surface area (Å²) in [5.74, 6) is 0. The van der Waals surface area contributed by atoms with Crippen LogP contribution in [-0.4, -0.2) is 13.6 Å². The van der Waals surface area contributed by atoms with Crippen molar-refractivity contribution in [2.75, 3.05) is 7.18 Å². The van der Waals surface area contributed by atoms with Gasteiger partial charge in [-0.15, -0.1) is 0 Å². The van der Waals surface area contributed by atoms with Crippen LogP contribution in [0.5, 0.6) is 0 Å². The molecular formula is C2H6FNO. The molecule has 0 radical (unpaired) electrons. The number of alkyl halides is 1. The van der Waals surface area contributed by atoms with Crippen molar-refractivity contribution in [3.05, 3.63) is 0 Å². The average molecular weight is 79.1 g/mol. The number of carbonyl (C=O) groups excluding carboxylic acids is 1. The van der Waals surface area contributed by atoms with Gasteiger partial charge in [-0.05, 0) is 0 Å². The van der Waals surface area contributed by atoms with Gasteiger partial charge in [0, 0.05) is 0 Å². The standard InChI is InChI=1S/CH3F.CH3NO/c1-2;2-1-3/h1H3;1H,(H2,2,3). The van der Waals surface area contributed by atoms with Gasteiger partial charge in [0.1, 0.15) is 0 Å². The summed E-state index contributed by atoms with van der Waals surface area (Å²) in [6, 6.07) is 0. The Labute approximate surface area is 29.8 Å². The second-order valence-corrected chi connectivity index (χ2v) is 0.136. The van der Waals surface area contributed by atoms with E-state index in [0.29, 0.717) is 7.18 Å². The van der Waals surface area contributed by atoms with Crippen molar-refractivity contribution in [1.29, 1.82) is 0 Å². The molecule has 2 nitrogen and oxygen atoms in total. The van der Waals surface area contributed by atoms with Gasteiger partial charge in [-0.3, -0.25) is 9.18 Å². The molecular weight excluding hydrogens is 73.0 g/mol. The predicted octanol–water partition coefficient (Wildman–Crippen LogP) is -0.313. The summed E-state index contributed by atoms with van der Waals surface area (Å²) in [5, 5.41) is 0. The molecule has 0 aliphatic rings. The highest BCUT2D eigenvalue weighted by atomic mass is 19.1. The lowest BCUT2D eigenvalue weighted by atomic mass is 11.5. The lowest BCUT2D eigenvalue weighted by Crippen LogP contribution is -1.82. The van der Waals surface area contributed by atoms with Crippen LogP contribution in [0.1, 0.15) is 0 Å². The Kier molecular flexibility index (Phi) is 216. The summed E-state index contributed by atoms with van der Waals surface area (Å²) < 4.78 is 9.50. The summed E-state index contributed by atoms with van der Waals surface area (Å²) in [4.78, 5) is 8.58. The van der Waals surface area contributed by atoms with Crippen molar-refractivity contribution in [2.45, 2.75) is 0 Å². The van der Waals surface area contributed by atoms with Gasteiger partial charge in [-0.2, -0.15) is 0 Å². The zero-order chi connectivity index (χ0) is 4.71. The molecule has 0 saturated carbocycles. The zero-order valence-electron chi connectivity index (χ0n) is 2.94. The lowest BCUT2D eigenvalue weighted by Gasteiger charge is -1.32. The molecule has 0 atom stereocenters. The first kappa shape index (κ1) is 8.83. The number of hydrogen-bond acceptors (Lipinski definition) is 1. The molecule has 0 aromatic heterocycles. The topological polar surface area (TPSA) is 43.1 Å². The van der Waals surface area contributed by atoms with Gasteiger partial charge >= 0.3 is 0 Å². The molecule has 0 saturated heterocycles. The van der Waals surface area contributed by atoms with E-state index in [2.05, 4.69) is 5.73 Å². The maximum absolute atomic E-state index is 9.50. The minimum absolute atomic E-state index is 0.250. The van der Waals surface area contributed by atoms with E-state index in [1.807, 2.05) is 0 Å². The number of halogens is 1. The van der Waals surface area contributed by atoms with Crippen LogP contribution in [0.3, 0.4) is 0 Å². The largest absolute Gasteiger partial charge is 0.372 e. The lowest BCUT2D eigenvalue weighted by molar-refractivity contribution is -0.106. The molecule has 0 aliphatic carbocycles. The quantitative estimate of drug-likeness (QED) is 0.397. The smallest absolute Gasteiger partial charge is 0.204 e. The van der Waals surface area contributed by atoms with Crippen LogP contribution in [0.25, 0.3) is 0 Å². The van der Waals surface area contributed by atoms with E-state index in [9.17, 15) is 4.39 Å². The monoisotopic (exact) mass is 79.0 g/mol. The highest BCUT2D eigenvalue weighted by molar-refractivity contribution is 5.42. The summed E-state index contributed by atoms with van der Waals surface area (Å²) in [6.07, 6.45) is 0.250. The summed E-state index contributed by atoms with van der Waals surface area (Å²) in [7, 11) is 0.500. The first-order valence-corrected chi connectivity index (χ1v) is 0.947. The van der Waals surface area contributed by atoms with Crippen LogP contribution >= 0.6 is 0 Å². The van der Waals surface area contributed by atoms with Crippen LogP contribution in [0.4, 0.5) is 4.39 Å². The van der Waals surface area contributed by atoms with Crippen LogP contribution in [0, 0.1) is 0 Å². The average Bonchev–Trinajstić information content (AvgIpc) is 1.46. The molecule has 0 aromatic rings. The molecule has 0 heterocycles. The molecule has 0 aliphatic heterocycles. The van der Waals surface area contributed by atoms with Crippen molar-refractivity contribution in [3.8, 4) is 0 Å². The Hall–Kier alpha value is -0.600. The molecule has 0 fully saturated rings. The van der Waals surface area contributed by atoms with Crippen molar-refractivity contribution < 1.29 is 9.18 Å². The van der Waals surface area contributed by atoms with E-state index in [-0.39, 0.29) is 6.41 Å². The number of carbonyl (C=O) groups is 1. The first-order chi connectivity index (χ1) is 2.41. The number of primary amides is 1. The van der Waals surface area contributed by atoms with Gasteiger partial charge in [0.2, 0.25) is 6.41 Å². The molecule has 3 heteroatoms. The van der Waals surface area contributed by atoms with Gasteiger partial charge < -0.3 is 5.73 Å². The van der Waals surface area contributed by atoms with Crippen LogP contribution in [-0.2, 0) is 4.79 Å². The molecule has 2 N–H and O–H groups in total. The Balaban J connectivity index is 0. The summed E-state index contributed by atoms with van der Waals surface area (Å²) in [5.41, 5.74) is 4.17. The molecule has 0 rings (SSSR count). The van der Waals surface area contributed by atoms with Crippen molar-refractivity contribution in [3.63, 3.8) is 0 Å². The van der Waals surface area contributed by atoms with Crippen molar-refractivity contribution >= 4 is 6.41 Å². The highest BCUT2D eigenvalue weighted by Crippen LogP contribution is 1.16. The van der Waals surface area contributed by atoms with Gasteiger partial charge in [-0.25, -0.2) is 0 Å². The molecule has 0 spiro atoms. The van der Waals surface area contributed by atoms with Crippen LogP contribution in [0.15, 0.2) is 0 Å². The van der Waals surface area contributed by atoms with E-state index >= 15 is 0 Å². The summed E-state index contributed by atoms with van der Waals surface area (Å²) in [6.45, 7) is 0. The minimum atomic E-state index is 0.250. The highest BCUT2D eigenvalue weighted by Gasteiger charge is 1.19. The van der Waals surface area contributed by atoms with E-state index in [1.54, 1.807) is 0 Å². The van der Waals surface area contributed by atoms with E-state index in [4.69, 9.17) is 4.79 Å². The normalized spacial score (nSPS) is 3.60. The van der Waals surface area contributed by atoms with E-state index in [0.717, 1.165) is 0 Å². The fourth-order valence-electron chi connectivity index (χ4n) is 0. The fraction of sp³-hybridized carbons (Fsp3) is 0.500. The van der Waals surface area contributed by atoms with Gasteiger partial charge in [0.15, 0.2) is 0 Å². The summed E-state index contributed by atoms with van der Waals surface area (Å²) >= 11 is 0. The Morgan fingerprint density at radius 1 is 1.80 bits per heavy atom. The SMILES string of the molecule is CF.NC=O. The van der Waals surface area contributed by atoms with Crippen LogP contribution < -0.4 is 5.73 Å². The number of amides is 1. The second kappa shape index (κ2) is 122. The predicted molar refractivity (Wildman–Crippen MR) is 17.3 cm³/mol. The maximum Gasteiger partial charge on any atom is 0.204 e. The fourth-order valence-corrected chi connectivity index (χ4v) is 0. The Bertz CT molecular complexity index is 17.1. The zero-order valence-corrected chi connectivity index (χ0v) is 2.94. The van der Waals surface area contributed by atoms with E-state index in [1.165, 1.54) is 0 Å². The third-order valence-corrected chi connectivity index (χ3v) is 0. The molecule has 32 valence electrons. The second-order valence-electron chi connectivity index (χ2n) is 0.136. The Morgan fingerprint density at radius 2 is 1.80 bits per heavy atom. The van der Waals surface area contributed by atoms with Crippen LogP contribution in [0.2, 0.25) is 0 Å². The maximum atomic E-state index is 9.50. The van der Waals surface area contributed by atoms with Gasteiger partial charge in [-0.1, -0.05) is 0 Å². The number of rotatable bonds is 0. The third kappa shape index (κ3) is 18.5. The molecule has 0 unspecified atom stereocenters. The molecule has 1 amide bonds. The third-order valence-electron chi connectivity index (χ3n) is 0. The minimum Gasteiger partial charge on any atom is -0.372 e.